The van der Waals surface area contributed by atoms with Crippen LogP contribution >= 0.6 is 0 Å². The van der Waals surface area contributed by atoms with E-state index < -0.39 is 0 Å². The third-order valence-corrected chi connectivity index (χ3v) is 3.34. The quantitative estimate of drug-likeness (QED) is 0.800. The molecule has 0 amide bonds. The van der Waals surface area contributed by atoms with Crippen LogP contribution in [0.1, 0.15) is 5.56 Å². The van der Waals surface area contributed by atoms with E-state index in [4.69, 9.17) is 5.73 Å². The van der Waals surface area contributed by atoms with Crippen molar-refractivity contribution in [2.45, 2.75) is 13.0 Å². The summed E-state index contributed by atoms with van der Waals surface area (Å²) in [4.78, 5) is 8.19. The summed E-state index contributed by atoms with van der Waals surface area (Å²) in [6.07, 6.45) is 6.08. The van der Waals surface area contributed by atoms with Gasteiger partial charge in [0.2, 0.25) is 0 Å². The standard InChI is InChI=1S/C16H15FN4/c17-14-3-1-12(2-4-14)6-8-21-11-19-10-15(21)13-5-7-20-16(18)9-13/h1-5,7,9-11H,6,8H2,(H2,18,20). The molecule has 0 saturated carbocycles. The Kier molecular flexibility index (Phi) is 3.64. The highest BCUT2D eigenvalue weighted by Gasteiger charge is 2.06. The second-order valence-electron chi connectivity index (χ2n) is 4.82. The maximum absolute atomic E-state index is 12.9. The van der Waals surface area contributed by atoms with Crippen LogP contribution in [0.3, 0.4) is 0 Å². The van der Waals surface area contributed by atoms with E-state index in [1.54, 1.807) is 30.9 Å². The number of nitrogens with two attached hydrogens (primary N) is 1. The minimum atomic E-state index is -0.214. The van der Waals surface area contributed by atoms with Crippen LogP contribution in [0.25, 0.3) is 11.3 Å². The van der Waals surface area contributed by atoms with E-state index in [1.165, 1.54) is 12.1 Å². The summed E-state index contributed by atoms with van der Waals surface area (Å²) in [5.74, 6) is 0.271. The smallest absolute Gasteiger partial charge is 0.123 e. The Morgan fingerprint density at radius 2 is 1.95 bits per heavy atom. The summed E-state index contributed by atoms with van der Waals surface area (Å²) in [7, 11) is 0. The van der Waals surface area contributed by atoms with Gasteiger partial charge >= 0.3 is 0 Å². The maximum Gasteiger partial charge on any atom is 0.123 e. The van der Waals surface area contributed by atoms with Crippen molar-refractivity contribution in [3.63, 3.8) is 0 Å². The molecule has 21 heavy (non-hydrogen) atoms. The molecule has 3 aromatic rings. The molecule has 106 valence electrons. The molecule has 0 fully saturated rings. The molecule has 0 spiro atoms. The highest BCUT2D eigenvalue weighted by atomic mass is 19.1. The molecule has 0 aliphatic rings. The number of hydrogen-bond acceptors (Lipinski definition) is 3. The van der Waals surface area contributed by atoms with E-state index >= 15 is 0 Å². The van der Waals surface area contributed by atoms with Gasteiger partial charge in [0.1, 0.15) is 11.6 Å². The summed E-state index contributed by atoms with van der Waals surface area (Å²) in [5.41, 5.74) is 8.78. The van der Waals surface area contributed by atoms with E-state index in [9.17, 15) is 4.39 Å². The molecular formula is C16H15FN4. The summed E-state index contributed by atoms with van der Waals surface area (Å²) < 4.78 is 14.9. The summed E-state index contributed by atoms with van der Waals surface area (Å²) in [6.45, 7) is 0.767. The SMILES string of the molecule is Nc1cc(-c2cncn2CCc2ccc(F)cc2)ccn1. The lowest BCUT2D eigenvalue weighted by Gasteiger charge is -2.08. The van der Waals surface area contributed by atoms with Gasteiger partial charge in [0.05, 0.1) is 18.2 Å². The van der Waals surface area contributed by atoms with Gasteiger partial charge in [0.25, 0.3) is 0 Å². The Labute approximate surface area is 122 Å². The Morgan fingerprint density at radius 1 is 1.14 bits per heavy atom. The topological polar surface area (TPSA) is 56.7 Å². The van der Waals surface area contributed by atoms with E-state index in [1.807, 2.05) is 12.1 Å². The Bertz CT molecular complexity index is 734. The van der Waals surface area contributed by atoms with Crippen molar-refractivity contribution >= 4 is 5.82 Å². The van der Waals surface area contributed by atoms with Gasteiger partial charge in [-0.1, -0.05) is 12.1 Å². The van der Waals surface area contributed by atoms with Gasteiger partial charge < -0.3 is 10.3 Å². The number of halogens is 1. The van der Waals surface area contributed by atoms with Crippen molar-refractivity contribution in [2.24, 2.45) is 0 Å². The molecule has 0 unspecified atom stereocenters. The van der Waals surface area contributed by atoms with Crippen LogP contribution in [0.5, 0.6) is 0 Å². The minimum Gasteiger partial charge on any atom is -0.384 e. The third kappa shape index (κ3) is 3.08. The average molecular weight is 282 g/mol. The highest BCUT2D eigenvalue weighted by Crippen LogP contribution is 2.20. The molecule has 2 heterocycles. The van der Waals surface area contributed by atoms with Crippen LogP contribution in [-0.2, 0) is 13.0 Å². The fraction of sp³-hybridized carbons (Fsp3) is 0.125. The Balaban J connectivity index is 1.78. The number of benzene rings is 1. The molecule has 0 radical (unpaired) electrons. The van der Waals surface area contributed by atoms with Crippen molar-refractivity contribution in [2.75, 3.05) is 5.73 Å². The van der Waals surface area contributed by atoms with Crippen LogP contribution in [0.4, 0.5) is 10.2 Å². The predicted octanol–water partition coefficient (Wildman–Crippen LogP) is 2.91. The van der Waals surface area contributed by atoms with Gasteiger partial charge in [-0.15, -0.1) is 0 Å². The third-order valence-electron chi connectivity index (χ3n) is 3.34. The molecule has 0 atom stereocenters. The van der Waals surface area contributed by atoms with E-state index in [2.05, 4.69) is 14.5 Å². The summed E-state index contributed by atoms with van der Waals surface area (Å²) in [5, 5.41) is 0. The minimum absolute atomic E-state index is 0.214. The molecule has 2 N–H and O–H groups in total. The fourth-order valence-corrected chi connectivity index (χ4v) is 2.25. The van der Waals surface area contributed by atoms with Crippen molar-refractivity contribution in [1.29, 1.82) is 0 Å². The number of imidazole rings is 1. The van der Waals surface area contributed by atoms with Gasteiger partial charge in [-0.05, 0) is 36.2 Å². The molecule has 5 heteroatoms. The van der Waals surface area contributed by atoms with E-state index in [-0.39, 0.29) is 5.82 Å². The molecular weight excluding hydrogens is 267 g/mol. The van der Waals surface area contributed by atoms with Crippen LogP contribution < -0.4 is 5.73 Å². The second-order valence-corrected chi connectivity index (χ2v) is 4.82. The second kappa shape index (κ2) is 5.75. The number of nitrogen functional groups attached to an aromatic ring is 1. The Morgan fingerprint density at radius 3 is 2.71 bits per heavy atom. The number of anilines is 1. The van der Waals surface area contributed by atoms with Crippen LogP contribution in [0, 0.1) is 5.82 Å². The first-order valence-electron chi connectivity index (χ1n) is 6.69. The number of hydrogen-bond donors (Lipinski definition) is 1. The first kappa shape index (κ1) is 13.3. The van der Waals surface area contributed by atoms with Gasteiger partial charge in [0, 0.05) is 18.3 Å². The lowest BCUT2D eigenvalue weighted by Crippen LogP contribution is -2.02. The van der Waals surface area contributed by atoms with Crippen LogP contribution in [0.15, 0.2) is 55.1 Å². The molecule has 3 rings (SSSR count). The largest absolute Gasteiger partial charge is 0.384 e. The molecule has 1 aromatic carbocycles. The molecule has 0 aliphatic heterocycles. The first-order chi connectivity index (χ1) is 10.2. The number of rotatable bonds is 4. The van der Waals surface area contributed by atoms with E-state index in [0.717, 1.165) is 29.8 Å². The van der Waals surface area contributed by atoms with Crippen molar-refractivity contribution in [3.8, 4) is 11.3 Å². The molecule has 4 nitrogen and oxygen atoms in total. The zero-order valence-electron chi connectivity index (χ0n) is 11.4. The monoisotopic (exact) mass is 282 g/mol. The lowest BCUT2D eigenvalue weighted by molar-refractivity contribution is 0.625. The number of pyridine rings is 1. The first-order valence-corrected chi connectivity index (χ1v) is 6.69. The van der Waals surface area contributed by atoms with E-state index in [0.29, 0.717) is 5.82 Å². The summed E-state index contributed by atoms with van der Waals surface area (Å²) in [6, 6.07) is 10.3. The van der Waals surface area contributed by atoms with Crippen LogP contribution in [0.2, 0.25) is 0 Å². The lowest BCUT2D eigenvalue weighted by atomic mass is 10.1. The van der Waals surface area contributed by atoms with Crippen molar-refractivity contribution < 1.29 is 4.39 Å². The molecule has 0 aliphatic carbocycles. The van der Waals surface area contributed by atoms with Crippen LogP contribution in [-0.4, -0.2) is 14.5 Å². The predicted molar refractivity (Wildman–Crippen MR) is 80.0 cm³/mol. The van der Waals surface area contributed by atoms with Gasteiger partial charge in [0.15, 0.2) is 0 Å². The average Bonchev–Trinajstić information content (AvgIpc) is 2.95. The zero-order chi connectivity index (χ0) is 14.7. The molecule has 0 bridgehead atoms. The van der Waals surface area contributed by atoms with Gasteiger partial charge in [-0.3, -0.25) is 0 Å². The summed E-state index contributed by atoms with van der Waals surface area (Å²) >= 11 is 0. The van der Waals surface area contributed by atoms with Crippen molar-refractivity contribution in [1.82, 2.24) is 14.5 Å². The van der Waals surface area contributed by atoms with Crippen molar-refractivity contribution in [3.05, 3.63) is 66.5 Å². The van der Waals surface area contributed by atoms with Gasteiger partial charge in [-0.25, -0.2) is 14.4 Å². The highest BCUT2D eigenvalue weighted by molar-refractivity contribution is 5.61. The number of aryl methyl sites for hydroxylation is 2. The fourth-order valence-electron chi connectivity index (χ4n) is 2.25. The zero-order valence-corrected chi connectivity index (χ0v) is 11.4. The molecule has 0 saturated heterocycles. The van der Waals surface area contributed by atoms with Gasteiger partial charge in [-0.2, -0.15) is 0 Å². The normalized spacial score (nSPS) is 10.7. The maximum atomic E-state index is 12.9. The molecule has 2 aromatic heterocycles. The Hall–Kier alpha value is -2.69. The number of aromatic nitrogens is 3. The number of nitrogens with zero attached hydrogens (tertiary/aromatic N) is 3.